The first-order valence-electron chi connectivity index (χ1n) is 2.51. The summed E-state index contributed by atoms with van der Waals surface area (Å²) in [6.45, 7) is 1.98. The van der Waals surface area contributed by atoms with E-state index in [0.29, 0.717) is 6.42 Å². The standard InChI is InChI=1S/C5H11NO.Li.H/c1-3-4-5(7)6-2;;/h3-4H2,1-2H3,(H,6,7);;/q;+1;-1. The summed E-state index contributed by atoms with van der Waals surface area (Å²) in [6.07, 6.45) is 1.58. The Bertz CT molecular complexity index is 70.0. The van der Waals surface area contributed by atoms with Crippen molar-refractivity contribution in [2.45, 2.75) is 19.8 Å². The summed E-state index contributed by atoms with van der Waals surface area (Å²) in [4.78, 5) is 10.3. The number of rotatable bonds is 2. The van der Waals surface area contributed by atoms with Gasteiger partial charge in [-0.15, -0.1) is 0 Å². The molecule has 0 unspecified atom stereocenters. The van der Waals surface area contributed by atoms with Crippen LogP contribution < -0.4 is 24.2 Å². The summed E-state index contributed by atoms with van der Waals surface area (Å²) in [6, 6.07) is 0. The molecule has 1 N–H and O–H groups in total. The fourth-order valence-electron chi connectivity index (χ4n) is 0.352. The van der Waals surface area contributed by atoms with Gasteiger partial charge in [-0.25, -0.2) is 0 Å². The smallest absolute Gasteiger partial charge is 1.00 e. The molecule has 0 aliphatic rings. The number of hydrogen-bond acceptors (Lipinski definition) is 1. The Morgan fingerprint density at radius 2 is 2.25 bits per heavy atom. The fourth-order valence-corrected chi connectivity index (χ4v) is 0.352. The van der Waals surface area contributed by atoms with Crippen LogP contribution in [0.3, 0.4) is 0 Å². The van der Waals surface area contributed by atoms with Gasteiger partial charge in [0.2, 0.25) is 5.91 Å². The summed E-state index contributed by atoms with van der Waals surface area (Å²) in [7, 11) is 1.65. The van der Waals surface area contributed by atoms with Gasteiger partial charge in [0, 0.05) is 13.5 Å². The van der Waals surface area contributed by atoms with E-state index in [4.69, 9.17) is 0 Å². The number of amides is 1. The summed E-state index contributed by atoms with van der Waals surface area (Å²) in [5, 5.41) is 2.53. The summed E-state index contributed by atoms with van der Waals surface area (Å²) in [5.41, 5.74) is 0. The maximum absolute atomic E-state index is 10.3. The Kier molecular flexibility index (Phi) is 9.67. The minimum absolute atomic E-state index is 0. The molecule has 8 heavy (non-hydrogen) atoms. The van der Waals surface area contributed by atoms with Crippen molar-refractivity contribution >= 4 is 5.91 Å². The second-order valence-corrected chi connectivity index (χ2v) is 1.42. The quantitative estimate of drug-likeness (QED) is 0.395. The van der Waals surface area contributed by atoms with Crippen molar-refractivity contribution < 1.29 is 25.1 Å². The molecule has 0 heterocycles. The van der Waals surface area contributed by atoms with E-state index in [9.17, 15) is 4.79 Å². The third kappa shape index (κ3) is 6.07. The Morgan fingerprint density at radius 1 is 1.75 bits per heavy atom. The molecule has 0 aliphatic heterocycles. The monoisotopic (exact) mass is 109 g/mol. The summed E-state index contributed by atoms with van der Waals surface area (Å²) < 4.78 is 0. The van der Waals surface area contributed by atoms with Gasteiger partial charge in [0.1, 0.15) is 0 Å². The molecule has 0 bridgehead atoms. The van der Waals surface area contributed by atoms with Crippen LogP contribution in [0, 0.1) is 0 Å². The zero-order chi connectivity index (χ0) is 5.70. The van der Waals surface area contributed by atoms with E-state index in [-0.39, 0.29) is 26.2 Å². The summed E-state index contributed by atoms with van der Waals surface area (Å²) in [5.74, 6) is 0.127. The van der Waals surface area contributed by atoms with Gasteiger partial charge in [0.15, 0.2) is 0 Å². The molecule has 2 nitrogen and oxygen atoms in total. The van der Waals surface area contributed by atoms with Crippen LogP contribution in [0.15, 0.2) is 0 Å². The molecular formula is C5H12LiNO. The Balaban J connectivity index is -0.000000180. The van der Waals surface area contributed by atoms with Crippen molar-refractivity contribution in [3.63, 3.8) is 0 Å². The van der Waals surface area contributed by atoms with Gasteiger partial charge in [-0.3, -0.25) is 4.79 Å². The molecule has 0 saturated carbocycles. The predicted octanol–water partition coefficient (Wildman–Crippen LogP) is -2.35. The van der Waals surface area contributed by atoms with Crippen LogP contribution in [-0.2, 0) is 4.79 Å². The summed E-state index contributed by atoms with van der Waals surface area (Å²) >= 11 is 0. The molecule has 0 spiro atoms. The van der Waals surface area contributed by atoms with Crippen molar-refractivity contribution in [3.8, 4) is 0 Å². The van der Waals surface area contributed by atoms with Gasteiger partial charge in [-0.05, 0) is 6.42 Å². The molecule has 44 valence electrons. The molecular weight excluding hydrogens is 97.0 g/mol. The van der Waals surface area contributed by atoms with Crippen molar-refractivity contribution in [1.82, 2.24) is 5.32 Å². The van der Waals surface area contributed by atoms with Crippen molar-refractivity contribution in [3.05, 3.63) is 0 Å². The maximum Gasteiger partial charge on any atom is 1.00 e. The largest absolute Gasteiger partial charge is 1.00 e. The molecule has 1 amide bonds. The van der Waals surface area contributed by atoms with Crippen molar-refractivity contribution in [1.29, 1.82) is 0 Å². The second kappa shape index (κ2) is 7.07. The average molecular weight is 109 g/mol. The van der Waals surface area contributed by atoms with Crippen LogP contribution in [0.5, 0.6) is 0 Å². The van der Waals surface area contributed by atoms with Crippen LogP contribution >= 0.6 is 0 Å². The molecule has 0 aromatic rings. The van der Waals surface area contributed by atoms with Crippen LogP contribution in [0.4, 0.5) is 0 Å². The predicted molar refractivity (Wildman–Crippen MR) is 30.1 cm³/mol. The van der Waals surface area contributed by atoms with E-state index in [0.717, 1.165) is 6.42 Å². The average Bonchev–Trinajstić information content (AvgIpc) is 1.68. The third-order valence-corrected chi connectivity index (χ3v) is 0.756. The Morgan fingerprint density at radius 3 is 2.38 bits per heavy atom. The van der Waals surface area contributed by atoms with E-state index >= 15 is 0 Å². The van der Waals surface area contributed by atoms with Gasteiger partial charge in [-0.2, -0.15) is 0 Å². The molecule has 0 saturated heterocycles. The van der Waals surface area contributed by atoms with Crippen LogP contribution in [0.1, 0.15) is 21.2 Å². The second-order valence-electron chi connectivity index (χ2n) is 1.42. The van der Waals surface area contributed by atoms with E-state index in [1.165, 1.54) is 0 Å². The normalized spacial score (nSPS) is 7.25. The molecule has 0 atom stereocenters. The Labute approximate surface area is 63.7 Å². The zero-order valence-electron chi connectivity index (χ0n) is 6.82. The first-order chi connectivity index (χ1) is 3.31. The zero-order valence-corrected chi connectivity index (χ0v) is 5.82. The van der Waals surface area contributed by atoms with Crippen LogP contribution in [0.2, 0.25) is 0 Å². The van der Waals surface area contributed by atoms with Gasteiger partial charge in [0.25, 0.3) is 0 Å². The molecule has 0 aromatic carbocycles. The first-order valence-corrected chi connectivity index (χ1v) is 2.51. The molecule has 0 aliphatic carbocycles. The molecule has 0 aromatic heterocycles. The minimum Gasteiger partial charge on any atom is -1.00 e. The number of carbonyl (C=O) groups excluding carboxylic acids is 1. The Hall–Kier alpha value is 0.0674. The van der Waals surface area contributed by atoms with Gasteiger partial charge >= 0.3 is 18.9 Å². The van der Waals surface area contributed by atoms with Gasteiger partial charge in [-0.1, -0.05) is 6.92 Å². The topological polar surface area (TPSA) is 29.1 Å². The number of hydrogen-bond donors (Lipinski definition) is 1. The SMILES string of the molecule is CCCC(=O)NC.[H-].[Li+]. The van der Waals surface area contributed by atoms with Crippen molar-refractivity contribution in [2.24, 2.45) is 0 Å². The molecule has 0 rings (SSSR count). The van der Waals surface area contributed by atoms with E-state index in [1.807, 2.05) is 6.92 Å². The number of carbonyl (C=O) groups is 1. The molecule has 0 radical (unpaired) electrons. The number of nitrogens with one attached hydrogen (secondary N) is 1. The van der Waals surface area contributed by atoms with Crippen LogP contribution in [0.25, 0.3) is 0 Å². The molecule has 3 heteroatoms. The van der Waals surface area contributed by atoms with E-state index in [2.05, 4.69) is 5.32 Å². The van der Waals surface area contributed by atoms with Gasteiger partial charge < -0.3 is 6.74 Å². The van der Waals surface area contributed by atoms with Gasteiger partial charge in [0.05, 0.1) is 0 Å². The third-order valence-electron chi connectivity index (χ3n) is 0.756. The van der Waals surface area contributed by atoms with E-state index in [1.54, 1.807) is 7.05 Å². The van der Waals surface area contributed by atoms with Crippen LogP contribution in [-0.4, -0.2) is 13.0 Å². The maximum atomic E-state index is 10.3. The van der Waals surface area contributed by atoms with Crippen molar-refractivity contribution in [2.75, 3.05) is 7.05 Å². The molecule has 0 fully saturated rings. The fraction of sp³-hybridized carbons (Fsp3) is 0.800. The first kappa shape index (κ1) is 10.9. The minimum atomic E-state index is 0. The van der Waals surface area contributed by atoms with E-state index < -0.39 is 0 Å².